The van der Waals surface area contributed by atoms with E-state index in [1.807, 2.05) is 0 Å². The molecule has 0 fully saturated rings. The van der Waals surface area contributed by atoms with Crippen LogP contribution >= 0.6 is 7.82 Å². The number of esters is 1. The largest absolute Gasteiger partial charge is 0.472 e. The van der Waals surface area contributed by atoms with Crippen LogP contribution in [0.4, 0.5) is 0 Å². The average Bonchev–Trinajstić information content (AvgIpc) is 3.15. The second-order valence-electron chi connectivity index (χ2n) is 13.3. The summed E-state index contributed by atoms with van der Waals surface area (Å²) in [6, 6.07) is 0. The van der Waals surface area contributed by atoms with Crippen molar-refractivity contribution in [3.8, 4) is 0 Å². The quantitative estimate of drug-likeness (QED) is 0.0243. The van der Waals surface area contributed by atoms with E-state index in [0.717, 1.165) is 83.5 Å². The van der Waals surface area contributed by atoms with Crippen LogP contribution in [-0.4, -0.2) is 66.3 Å². The van der Waals surface area contributed by atoms with Crippen molar-refractivity contribution in [1.82, 2.24) is 0 Å². The fourth-order valence-corrected chi connectivity index (χ4v) is 5.85. The van der Waals surface area contributed by atoms with Gasteiger partial charge in [0.1, 0.15) is 12.2 Å². The molecule has 0 heterocycles. The summed E-state index contributed by atoms with van der Waals surface area (Å²) in [5, 5.41) is 18.3. The lowest BCUT2D eigenvalue weighted by atomic mass is 10.1. The van der Waals surface area contributed by atoms with Gasteiger partial charge in [0.15, 0.2) is 0 Å². The number of carbonyl (C=O) groups is 1. The third-order valence-corrected chi connectivity index (χ3v) is 9.11. The Hall–Kier alpha value is -2.10. The summed E-state index contributed by atoms with van der Waals surface area (Å²) in [5.41, 5.74) is 0. The molecule has 0 bridgehead atoms. The first-order valence-electron chi connectivity index (χ1n) is 20.4. The van der Waals surface area contributed by atoms with E-state index in [1.54, 1.807) is 0 Å². The Balaban J connectivity index is 4.24. The van der Waals surface area contributed by atoms with Gasteiger partial charge in [0.25, 0.3) is 0 Å². The number of hydrogen-bond acceptors (Lipinski definition) is 8. The van der Waals surface area contributed by atoms with Gasteiger partial charge in [-0.1, -0.05) is 151 Å². The van der Waals surface area contributed by atoms with Crippen molar-refractivity contribution in [1.29, 1.82) is 0 Å². The number of aliphatic hydroxyl groups is 2. The lowest BCUT2D eigenvalue weighted by Crippen LogP contribution is -2.29. The Bertz CT molecular complexity index is 1050. The Kier molecular flexibility index (Phi) is 38.0. The number of rotatable bonds is 38. The van der Waals surface area contributed by atoms with Gasteiger partial charge in [0.05, 0.1) is 26.4 Å². The predicted molar refractivity (Wildman–Crippen MR) is 219 cm³/mol. The number of hydrogen-bond donors (Lipinski definition) is 3. The van der Waals surface area contributed by atoms with Gasteiger partial charge in [-0.05, 0) is 64.2 Å². The molecule has 0 amide bonds. The van der Waals surface area contributed by atoms with Crippen molar-refractivity contribution >= 4 is 13.8 Å². The van der Waals surface area contributed by atoms with E-state index in [9.17, 15) is 19.4 Å². The SMILES string of the molecule is CC/C=C\C/C=C\C/C=C\C/C=C\C/C=C\C/C=C\CCCCCOCC(COP(=O)(O)OCC(O)CO)OC(=O)CCCCCCCCCCCC. The topological polar surface area (TPSA) is 132 Å². The van der Waals surface area contributed by atoms with E-state index in [-0.39, 0.29) is 13.0 Å². The average molecular weight is 767 g/mol. The van der Waals surface area contributed by atoms with E-state index in [4.69, 9.17) is 23.6 Å². The molecule has 0 rings (SSSR count). The van der Waals surface area contributed by atoms with Gasteiger partial charge in [0.2, 0.25) is 0 Å². The van der Waals surface area contributed by atoms with Crippen LogP contribution in [-0.2, 0) is 27.9 Å². The Morgan fingerprint density at radius 2 is 1.08 bits per heavy atom. The molecule has 9 nitrogen and oxygen atoms in total. The van der Waals surface area contributed by atoms with E-state index >= 15 is 0 Å². The maximum Gasteiger partial charge on any atom is 0.472 e. The maximum atomic E-state index is 12.5. The van der Waals surface area contributed by atoms with Gasteiger partial charge >= 0.3 is 13.8 Å². The van der Waals surface area contributed by atoms with Crippen molar-refractivity contribution in [2.45, 2.75) is 161 Å². The molecule has 10 heteroatoms. The molecule has 3 atom stereocenters. The van der Waals surface area contributed by atoms with Gasteiger partial charge in [0, 0.05) is 13.0 Å². The highest BCUT2D eigenvalue weighted by Gasteiger charge is 2.26. The van der Waals surface area contributed by atoms with E-state index in [0.29, 0.717) is 6.61 Å². The summed E-state index contributed by atoms with van der Waals surface area (Å²) in [5.74, 6) is -0.400. The Morgan fingerprint density at radius 1 is 0.604 bits per heavy atom. The molecule has 306 valence electrons. The van der Waals surface area contributed by atoms with Crippen LogP contribution in [0.25, 0.3) is 0 Å². The van der Waals surface area contributed by atoms with Crippen LogP contribution in [0.3, 0.4) is 0 Å². The molecular formula is C43H75O9P. The standard InChI is InChI=1S/C43H75O9P/c1-3-5-7-9-11-13-15-16-17-18-19-20-21-22-23-24-25-26-28-30-32-34-36-49-39-42(40-51-53(47,48)50-38-41(45)37-44)52-43(46)35-33-31-29-27-14-12-10-8-6-4-2/h5,7,11,13,16-17,19-20,22-23,25-26,41-42,44-45H,3-4,6,8-10,12,14-15,18,21,24,27-40H2,1-2H3,(H,47,48)/b7-5-,13-11-,17-16-,20-19-,23-22-,26-25-. The van der Waals surface area contributed by atoms with Crippen LogP contribution in [0.15, 0.2) is 72.9 Å². The number of unbranched alkanes of at least 4 members (excludes halogenated alkanes) is 12. The molecule has 0 spiro atoms. The first-order valence-corrected chi connectivity index (χ1v) is 21.9. The molecule has 3 N–H and O–H groups in total. The molecule has 0 aliphatic rings. The number of phosphoric acid groups is 1. The number of allylic oxidation sites excluding steroid dienone is 12. The molecule has 3 unspecified atom stereocenters. The van der Waals surface area contributed by atoms with E-state index in [1.165, 1.54) is 44.9 Å². The third-order valence-electron chi connectivity index (χ3n) is 8.16. The molecular weight excluding hydrogens is 691 g/mol. The zero-order chi connectivity index (χ0) is 38.9. The van der Waals surface area contributed by atoms with Crippen LogP contribution < -0.4 is 0 Å². The lowest BCUT2D eigenvalue weighted by molar-refractivity contribution is -0.154. The smallest absolute Gasteiger partial charge is 0.457 e. The van der Waals surface area contributed by atoms with E-state index < -0.39 is 45.8 Å². The van der Waals surface area contributed by atoms with Gasteiger partial charge in [-0.25, -0.2) is 4.57 Å². The number of carbonyl (C=O) groups excluding carboxylic acids is 1. The number of aliphatic hydroxyl groups excluding tert-OH is 2. The second-order valence-corrected chi connectivity index (χ2v) is 14.7. The molecule has 0 aromatic heterocycles. The normalized spacial score (nSPS) is 14.9. The molecule has 0 aliphatic carbocycles. The van der Waals surface area contributed by atoms with Crippen molar-refractivity contribution in [3.05, 3.63) is 72.9 Å². The summed E-state index contributed by atoms with van der Waals surface area (Å²) in [6.07, 6.45) is 45.8. The Morgan fingerprint density at radius 3 is 1.60 bits per heavy atom. The van der Waals surface area contributed by atoms with E-state index in [2.05, 4.69) is 86.8 Å². The van der Waals surface area contributed by atoms with Crippen molar-refractivity contribution in [2.24, 2.45) is 0 Å². The molecule has 0 aromatic carbocycles. The molecule has 0 radical (unpaired) electrons. The molecule has 53 heavy (non-hydrogen) atoms. The minimum absolute atomic E-state index is 0.0240. The monoisotopic (exact) mass is 767 g/mol. The number of ether oxygens (including phenoxy) is 2. The van der Waals surface area contributed by atoms with Crippen LogP contribution in [0, 0.1) is 0 Å². The van der Waals surface area contributed by atoms with Gasteiger partial charge in [-0.2, -0.15) is 0 Å². The molecule has 0 aliphatic heterocycles. The minimum Gasteiger partial charge on any atom is -0.457 e. The van der Waals surface area contributed by atoms with Crippen LogP contribution in [0.5, 0.6) is 0 Å². The van der Waals surface area contributed by atoms with Crippen molar-refractivity contribution in [3.63, 3.8) is 0 Å². The summed E-state index contributed by atoms with van der Waals surface area (Å²) >= 11 is 0. The maximum absolute atomic E-state index is 12.5. The van der Waals surface area contributed by atoms with Crippen LogP contribution in [0.2, 0.25) is 0 Å². The molecule has 0 saturated carbocycles. The summed E-state index contributed by atoms with van der Waals surface area (Å²) < 4.78 is 33.2. The Labute approximate surface area is 322 Å². The highest BCUT2D eigenvalue weighted by atomic mass is 31.2. The summed E-state index contributed by atoms with van der Waals surface area (Å²) in [4.78, 5) is 22.5. The minimum atomic E-state index is -4.52. The van der Waals surface area contributed by atoms with Crippen molar-refractivity contribution in [2.75, 3.05) is 33.0 Å². The molecule has 0 saturated heterocycles. The van der Waals surface area contributed by atoms with Gasteiger partial charge < -0.3 is 24.6 Å². The zero-order valence-corrected chi connectivity index (χ0v) is 34.1. The number of phosphoric ester groups is 1. The highest BCUT2D eigenvalue weighted by molar-refractivity contribution is 7.47. The van der Waals surface area contributed by atoms with Crippen molar-refractivity contribution < 1.29 is 43.0 Å². The first kappa shape index (κ1) is 50.9. The first-order chi connectivity index (χ1) is 25.8. The summed E-state index contributed by atoms with van der Waals surface area (Å²) in [6.45, 7) is 3.28. The lowest BCUT2D eigenvalue weighted by Gasteiger charge is -2.20. The second kappa shape index (κ2) is 39.6. The third kappa shape index (κ3) is 39.4. The zero-order valence-electron chi connectivity index (χ0n) is 33.2. The summed E-state index contributed by atoms with van der Waals surface area (Å²) in [7, 11) is -4.52. The highest BCUT2D eigenvalue weighted by Crippen LogP contribution is 2.43. The van der Waals surface area contributed by atoms with Gasteiger partial charge in [-0.15, -0.1) is 0 Å². The van der Waals surface area contributed by atoms with Gasteiger partial charge in [-0.3, -0.25) is 13.8 Å². The molecule has 0 aromatic rings. The fourth-order valence-electron chi connectivity index (χ4n) is 5.06. The predicted octanol–water partition coefficient (Wildman–Crippen LogP) is 11.0. The van der Waals surface area contributed by atoms with Crippen LogP contribution in [0.1, 0.15) is 149 Å². The fraction of sp³-hybridized carbons (Fsp3) is 0.698.